The Labute approximate surface area is 117 Å². The van der Waals surface area contributed by atoms with E-state index in [0.717, 1.165) is 37.0 Å². The lowest BCUT2D eigenvalue weighted by molar-refractivity contribution is 0.0714. The van der Waals surface area contributed by atoms with Crippen LogP contribution in [0.5, 0.6) is 0 Å². The SMILES string of the molecule is Cc1cccc2nc(C(=O)N[C@@H]3CCCC[C@H]3O)cn12. The number of pyridine rings is 1. The van der Waals surface area contributed by atoms with Crippen molar-refractivity contribution >= 4 is 11.6 Å². The van der Waals surface area contributed by atoms with Gasteiger partial charge in [-0.25, -0.2) is 4.98 Å². The summed E-state index contributed by atoms with van der Waals surface area (Å²) in [6.45, 7) is 1.97. The van der Waals surface area contributed by atoms with Gasteiger partial charge in [-0.05, 0) is 31.9 Å². The minimum absolute atomic E-state index is 0.151. The number of aliphatic hydroxyl groups excluding tert-OH is 1. The van der Waals surface area contributed by atoms with Gasteiger partial charge in [-0.15, -0.1) is 0 Å². The fourth-order valence-corrected chi connectivity index (χ4v) is 2.78. The maximum absolute atomic E-state index is 12.2. The highest BCUT2D eigenvalue weighted by atomic mass is 16.3. The van der Waals surface area contributed by atoms with Crippen molar-refractivity contribution in [2.75, 3.05) is 0 Å². The third-order valence-electron chi connectivity index (χ3n) is 3.97. The van der Waals surface area contributed by atoms with E-state index in [0.29, 0.717) is 5.69 Å². The molecule has 1 fully saturated rings. The summed E-state index contributed by atoms with van der Waals surface area (Å²) in [6, 6.07) is 5.62. The number of imidazole rings is 1. The van der Waals surface area contributed by atoms with Gasteiger partial charge in [-0.1, -0.05) is 18.9 Å². The van der Waals surface area contributed by atoms with Crippen molar-refractivity contribution < 1.29 is 9.90 Å². The maximum atomic E-state index is 12.2. The van der Waals surface area contributed by atoms with E-state index in [1.165, 1.54) is 0 Å². The van der Waals surface area contributed by atoms with Crippen LogP contribution >= 0.6 is 0 Å². The van der Waals surface area contributed by atoms with Gasteiger partial charge in [0.1, 0.15) is 11.3 Å². The van der Waals surface area contributed by atoms with Crippen LogP contribution in [-0.4, -0.2) is 32.5 Å². The average molecular weight is 273 g/mol. The van der Waals surface area contributed by atoms with Crippen LogP contribution in [-0.2, 0) is 0 Å². The summed E-state index contributed by atoms with van der Waals surface area (Å²) < 4.78 is 1.90. The average Bonchev–Trinajstić information content (AvgIpc) is 2.87. The van der Waals surface area contributed by atoms with E-state index in [1.807, 2.05) is 29.5 Å². The monoisotopic (exact) mass is 273 g/mol. The third-order valence-corrected chi connectivity index (χ3v) is 3.97. The Balaban J connectivity index is 1.80. The van der Waals surface area contributed by atoms with Gasteiger partial charge < -0.3 is 14.8 Å². The number of nitrogens with zero attached hydrogens (tertiary/aromatic N) is 2. The van der Waals surface area contributed by atoms with Crippen LogP contribution in [0, 0.1) is 6.92 Å². The second-order valence-corrected chi connectivity index (χ2v) is 5.45. The minimum Gasteiger partial charge on any atom is -0.391 e. The van der Waals surface area contributed by atoms with Crippen LogP contribution in [0.4, 0.5) is 0 Å². The Morgan fingerprint density at radius 2 is 2.20 bits per heavy atom. The molecular weight excluding hydrogens is 254 g/mol. The Kier molecular flexibility index (Phi) is 3.44. The molecule has 106 valence electrons. The number of amides is 1. The summed E-state index contributed by atoms with van der Waals surface area (Å²) in [7, 11) is 0. The maximum Gasteiger partial charge on any atom is 0.271 e. The Morgan fingerprint density at radius 1 is 1.40 bits per heavy atom. The van der Waals surface area contributed by atoms with Crippen molar-refractivity contribution in [2.24, 2.45) is 0 Å². The third kappa shape index (κ3) is 2.41. The van der Waals surface area contributed by atoms with Crippen LogP contribution < -0.4 is 5.32 Å². The molecule has 2 heterocycles. The first-order valence-corrected chi connectivity index (χ1v) is 7.09. The van der Waals surface area contributed by atoms with Crippen LogP contribution in [0.3, 0.4) is 0 Å². The molecule has 0 saturated heterocycles. The van der Waals surface area contributed by atoms with Crippen LogP contribution in [0.15, 0.2) is 24.4 Å². The second-order valence-electron chi connectivity index (χ2n) is 5.45. The molecule has 1 aliphatic carbocycles. The van der Waals surface area contributed by atoms with Gasteiger partial charge in [0.25, 0.3) is 5.91 Å². The fourth-order valence-electron chi connectivity index (χ4n) is 2.78. The Bertz CT molecular complexity index is 635. The quantitative estimate of drug-likeness (QED) is 0.874. The largest absolute Gasteiger partial charge is 0.391 e. The van der Waals surface area contributed by atoms with Gasteiger partial charge in [-0.2, -0.15) is 0 Å². The molecule has 2 N–H and O–H groups in total. The fraction of sp³-hybridized carbons (Fsp3) is 0.467. The van der Waals surface area contributed by atoms with Crippen molar-refractivity contribution in [2.45, 2.75) is 44.8 Å². The van der Waals surface area contributed by atoms with Gasteiger partial charge in [-0.3, -0.25) is 4.79 Å². The molecule has 0 spiro atoms. The number of hydrogen-bond acceptors (Lipinski definition) is 3. The molecule has 5 nitrogen and oxygen atoms in total. The van der Waals surface area contributed by atoms with Crippen LogP contribution in [0.2, 0.25) is 0 Å². The molecule has 0 unspecified atom stereocenters. The van der Waals surface area contributed by atoms with Gasteiger partial charge >= 0.3 is 0 Å². The summed E-state index contributed by atoms with van der Waals surface area (Å²) in [5, 5.41) is 12.8. The van der Waals surface area contributed by atoms with Crippen molar-refractivity contribution in [3.8, 4) is 0 Å². The lowest BCUT2D eigenvalue weighted by Crippen LogP contribution is -2.45. The number of hydrogen-bond donors (Lipinski definition) is 2. The highest BCUT2D eigenvalue weighted by Crippen LogP contribution is 2.19. The van der Waals surface area contributed by atoms with Gasteiger partial charge in [0.15, 0.2) is 0 Å². The van der Waals surface area contributed by atoms with E-state index in [2.05, 4.69) is 10.3 Å². The van der Waals surface area contributed by atoms with E-state index >= 15 is 0 Å². The molecule has 2 atom stereocenters. The molecule has 0 aromatic carbocycles. The normalized spacial score (nSPS) is 22.9. The summed E-state index contributed by atoms with van der Waals surface area (Å²) in [5.41, 5.74) is 2.20. The van der Waals surface area contributed by atoms with Crippen molar-refractivity contribution in [1.29, 1.82) is 0 Å². The van der Waals surface area contributed by atoms with Crippen molar-refractivity contribution in [1.82, 2.24) is 14.7 Å². The molecule has 0 radical (unpaired) electrons. The summed E-state index contributed by atoms with van der Waals surface area (Å²) in [6.07, 6.45) is 4.98. The molecule has 2 aromatic heterocycles. The molecule has 1 aliphatic rings. The Morgan fingerprint density at radius 3 is 2.95 bits per heavy atom. The number of carbonyl (C=O) groups excluding carboxylic acids is 1. The minimum atomic E-state index is -0.438. The van der Waals surface area contributed by atoms with Crippen molar-refractivity contribution in [3.63, 3.8) is 0 Å². The van der Waals surface area contributed by atoms with Gasteiger partial charge in [0, 0.05) is 11.9 Å². The highest BCUT2D eigenvalue weighted by Gasteiger charge is 2.25. The lowest BCUT2D eigenvalue weighted by Gasteiger charge is -2.27. The lowest BCUT2D eigenvalue weighted by atomic mass is 9.92. The smallest absolute Gasteiger partial charge is 0.271 e. The standard InChI is InChI=1S/C15H19N3O2/c1-10-5-4-8-14-16-12(9-18(10)14)15(20)17-11-6-2-3-7-13(11)19/h4-5,8-9,11,13,19H,2-3,6-7H2,1H3,(H,17,20)/t11-,13-/m1/s1. The van der Waals surface area contributed by atoms with Gasteiger partial charge in [0.05, 0.1) is 12.1 Å². The number of rotatable bonds is 2. The Hall–Kier alpha value is -1.88. The highest BCUT2D eigenvalue weighted by molar-refractivity contribution is 5.93. The number of fused-ring (bicyclic) bond motifs is 1. The number of aromatic nitrogens is 2. The molecular formula is C15H19N3O2. The predicted molar refractivity (Wildman–Crippen MR) is 75.7 cm³/mol. The number of aryl methyl sites for hydroxylation is 1. The van der Waals surface area contributed by atoms with Crippen LogP contribution in [0.25, 0.3) is 5.65 Å². The second kappa shape index (κ2) is 5.25. The zero-order chi connectivity index (χ0) is 14.1. The molecule has 0 bridgehead atoms. The molecule has 5 heteroatoms. The molecule has 1 amide bonds. The molecule has 1 saturated carbocycles. The van der Waals surface area contributed by atoms with E-state index < -0.39 is 6.10 Å². The number of aliphatic hydroxyl groups is 1. The summed E-state index contributed by atoms with van der Waals surface area (Å²) >= 11 is 0. The van der Waals surface area contributed by atoms with Crippen LogP contribution in [0.1, 0.15) is 41.9 Å². The first-order chi connectivity index (χ1) is 9.65. The topological polar surface area (TPSA) is 66.6 Å². The van der Waals surface area contributed by atoms with E-state index in [9.17, 15) is 9.90 Å². The summed E-state index contributed by atoms with van der Waals surface area (Å²) in [4.78, 5) is 16.6. The number of nitrogens with one attached hydrogen (secondary N) is 1. The molecule has 0 aliphatic heterocycles. The van der Waals surface area contributed by atoms with E-state index in [1.54, 1.807) is 6.20 Å². The van der Waals surface area contributed by atoms with Gasteiger partial charge in [0.2, 0.25) is 0 Å². The first-order valence-electron chi connectivity index (χ1n) is 7.09. The molecule has 3 rings (SSSR count). The zero-order valence-corrected chi connectivity index (χ0v) is 11.5. The molecule has 2 aromatic rings. The van der Waals surface area contributed by atoms with E-state index in [4.69, 9.17) is 0 Å². The first kappa shape index (κ1) is 13.1. The van der Waals surface area contributed by atoms with Crippen molar-refractivity contribution in [3.05, 3.63) is 35.8 Å². The summed E-state index contributed by atoms with van der Waals surface area (Å²) in [5.74, 6) is -0.209. The zero-order valence-electron chi connectivity index (χ0n) is 11.5. The van der Waals surface area contributed by atoms with E-state index in [-0.39, 0.29) is 11.9 Å². The number of carbonyl (C=O) groups is 1. The molecule has 20 heavy (non-hydrogen) atoms. The predicted octanol–water partition coefficient (Wildman–Crippen LogP) is 1.68.